The van der Waals surface area contributed by atoms with Crippen LogP contribution in [0.1, 0.15) is 18.2 Å². The number of aliphatic imine (C=N–C) groups is 2. The van der Waals surface area contributed by atoms with Gasteiger partial charge in [0, 0.05) is 5.57 Å². The van der Waals surface area contributed by atoms with Crippen molar-refractivity contribution in [3.63, 3.8) is 0 Å². The molecular formula is C12H9Cl6N3O. The largest absolute Gasteiger partial charge is 0.464 e. The summed E-state index contributed by atoms with van der Waals surface area (Å²) in [6.45, 7) is 3.66. The number of rotatable bonds is 1. The van der Waals surface area contributed by atoms with E-state index in [0.29, 0.717) is 17.2 Å². The van der Waals surface area contributed by atoms with Gasteiger partial charge in [-0.2, -0.15) is 0 Å². The molecule has 2 heterocycles. The van der Waals surface area contributed by atoms with Gasteiger partial charge < -0.3 is 9.73 Å². The molecule has 1 N–H and O–H groups in total. The number of amidine groups is 2. The average molecular weight is 424 g/mol. The first-order valence-electron chi connectivity index (χ1n) is 5.84. The van der Waals surface area contributed by atoms with Gasteiger partial charge in [0.1, 0.15) is 11.6 Å². The van der Waals surface area contributed by atoms with Crippen LogP contribution in [0, 0.1) is 6.92 Å². The molecule has 1 aliphatic heterocycles. The fraction of sp³-hybridized carbons (Fsp3) is 0.333. The van der Waals surface area contributed by atoms with E-state index >= 15 is 0 Å². The first-order chi connectivity index (χ1) is 10.00. The molecule has 0 saturated carbocycles. The lowest BCUT2D eigenvalue weighted by atomic mass is 10.1. The number of allylic oxidation sites excluding steroid dienone is 1. The molecule has 0 unspecified atom stereocenters. The second kappa shape index (κ2) is 6.42. The van der Waals surface area contributed by atoms with Crippen molar-refractivity contribution in [1.29, 1.82) is 0 Å². The minimum absolute atomic E-state index is 0.0209. The lowest BCUT2D eigenvalue weighted by Crippen LogP contribution is -2.40. The molecule has 1 aromatic rings. The van der Waals surface area contributed by atoms with Gasteiger partial charge in [-0.25, -0.2) is 9.98 Å². The van der Waals surface area contributed by atoms with Crippen molar-refractivity contribution >= 4 is 86.8 Å². The van der Waals surface area contributed by atoms with Crippen LogP contribution in [-0.2, 0) is 0 Å². The van der Waals surface area contributed by atoms with Crippen LogP contribution in [0.2, 0.25) is 0 Å². The summed E-state index contributed by atoms with van der Waals surface area (Å²) < 4.78 is 1.72. The minimum atomic E-state index is -1.87. The van der Waals surface area contributed by atoms with Crippen molar-refractivity contribution in [1.82, 2.24) is 5.32 Å². The Balaban J connectivity index is 2.57. The maximum atomic E-state index is 5.86. The van der Waals surface area contributed by atoms with Crippen LogP contribution in [0.15, 0.2) is 32.6 Å². The molecule has 22 heavy (non-hydrogen) atoms. The van der Waals surface area contributed by atoms with Crippen LogP contribution in [-0.4, -0.2) is 19.3 Å². The molecule has 10 heteroatoms. The van der Waals surface area contributed by atoms with Crippen molar-refractivity contribution in [3.05, 3.63) is 29.5 Å². The molecule has 1 aromatic heterocycles. The molecule has 2 rings (SSSR count). The van der Waals surface area contributed by atoms with E-state index in [1.165, 1.54) is 0 Å². The summed E-state index contributed by atoms with van der Waals surface area (Å²) in [6.07, 6.45) is 1.56. The zero-order valence-corrected chi connectivity index (χ0v) is 15.8. The van der Waals surface area contributed by atoms with E-state index in [4.69, 9.17) is 74.0 Å². The molecule has 0 aliphatic carbocycles. The Morgan fingerprint density at radius 2 is 1.73 bits per heavy atom. The van der Waals surface area contributed by atoms with Gasteiger partial charge in [0.25, 0.3) is 0 Å². The molecule has 4 nitrogen and oxygen atoms in total. The molecular weight excluding hydrogens is 415 g/mol. The van der Waals surface area contributed by atoms with Crippen LogP contribution in [0.25, 0.3) is 5.57 Å². The summed E-state index contributed by atoms with van der Waals surface area (Å²) in [5.74, 6) is 0.791. The maximum absolute atomic E-state index is 5.86. The smallest absolute Gasteiger partial charge is 0.250 e. The molecule has 0 fully saturated rings. The lowest BCUT2D eigenvalue weighted by Gasteiger charge is -2.24. The van der Waals surface area contributed by atoms with Crippen molar-refractivity contribution in [2.24, 2.45) is 9.98 Å². The van der Waals surface area contributed by atoms with Crippen molar-refractivity contribution in [2.75, 3.05) is 0 Å². The molecule has 0 aromatic carbocycles. The van der Waals surface area contributed by atoms with E-state index in [-0.39, 0.29) is 11.7 Å². The summed E-state index contributed by atoms with van der Waals surface area (Å²) in [5, 5.41) is 2.82. The van der Waals surface area contributed by atoms with E-state index in [9.17, 15) is 0 Å². The maximum Gasteiger partial charge on any atom is 0.250 e. The fourth-order valence-electron chi connectivity index (χ4n) is 1.71. The highest BCUT2D eigenvalue weighted by Gasteiger charge is 2.37. The summed E-state index contributed by atoms with van der Waals surface area (Å²) in [5.41, 5.74) is 1.56. The van der Waals surface area contributed by atoms with E-state index in [1.54, 1.807) is 13.2 Å². The predicted octanol–water partition coefficient (Wildman–Crippen LogP) is 5.42. The molecule has 120 valence electrons. The van der Waals surface area contributed by atoms with E-state index in [1.807, 2.05) is 13.0 Å². The van der Waals surface area contributed by atoms with Gasteiger partial charge >= 0.3 is 0 Å². The summed E-state index contributed by atoms with van der Waals surface area (Å²) in [6, 6.07) is 1.81. The van der Waals surface area contributed by atoms with Gasteiger partial charge in [-0.3, -0.25) is 0 Å². The second-order valence-corrected chi connectivity index (χ2v) is 8.99. The second-order valence-electron chi connectivity index (χ2n) is 4.42. The Morgan fingerprint density at radius 3 is 2.18 bits per heavy atom. The molecule has 0 atom stereocenters. The van der Waals surface area contributed by atoms with Gasteiger partial charge in [0.2, 0.25) is 7.59 Å². The minimum Gasteiger partial charge on any atom is -0.464 e. The van der Waals surface area contributed by atoms with E-state index < -0.39 is 7.59 Å². The highest BCUT2D eigenvalue weighted by Crippen LogP contribution is 2.35. The van der Waals surface area contributed by atoms with E-state index in [0.717, 1.165) is 5.56 Å². The zero-order valence-electron chi connectivity index (χ0n) is 11.2. The molecule has 0 saturated heterocycles. The monoisotopic (exact) mass is 421 g/mol. The predicted molar refractivity (Wildman–Crippen MR) is 94.6 cm³/mol. The van der Waals surface area contributed by atoms with Crippen LogP contribution in [0.3, 0.4) is 0 Å². The number of alkyl halides is 6. The molecule has 0 radical (unpaired) electrons. The third-order valence-corrected chi connectivity index (χ3v) is 3.80. The average Bonchev–Trinajstić information content (AvgIpc) is 2.81. The highest BCUT2D eigenvalue weighted by atomic mass is 35.6. The number of hydrogen-bond donors (Lipinski definition) is 1. The Bertz CT molecular complexity index is 678. The van der Waals surface area contributed by atoms with Gasteiger partial charge in [-0.1, -0.05) is 69.6 Å². The van der Waals surface area contributed by atoms with Crippen molar-refractivity contribution in [2.45, 2.75) is 21.4 Å². The molecule has 0 bridgehead atoms. The van der Waals surface area contributed by atoms with Crippen LogP contribution in [0.4, 0.5) is 0 Å². The number of furan rings is 1. The standard InChI is InChI=1S/C12H9Cl6N3O/c1-5-3-4-22-7(5)6(2)8-19-9(11(13,14)15)21-10(20-8)12(16,17)18/h3-4H,1-2H3,(H,19,20,21). The number of nitrogens with one attached hydrogen (secondary N) is 1. The number of halogens is 6. The van der Waals surface area contributed by atoms with Gasteiger partial charge in [-0.05, 0) is 25.5 Å². The van der Waals surface area contributed by atoms with Crippen molar-refractivity contribution < 1.29 is 4.42 Å². The van der Waals surface area contributed by atoms with Gasteiger partial charge in [0.05, 0.1) is 6.26 Å². The fourth-order valence-corrected chi connectivity index (χ4v) is 2.23. The third-order valence-electron chi connectivity index (χ3n) is 2.75. The summed E-state index contributed by atoms with van der Waals surface area (Å²) >= 11 is 35.1. The summed E-state index contributed by atoms with van der Waals surface area (Å²) in [7, 11) is 0. The number of aryl methyl sites for hydroxylation is 1. The Hall–Kier alpha value is -0.100. The normalized spacial score (nSPS) is 18.5. The Kier molecular flexibility index (Phi) is 5.32. The van der Waals surface area contributed by atoms with E-state index in [2.05, 4.69) is 15.3 Å². The summed E-state index contributed by atoms with van der Waals surface area (Å²) in [4.78, 5) is 8.14. The topological polar surface area (TPSA) is 49.9 Å². The number of nitrogens with zero attached hydrogens (tertiary/aromatic N) is 2. The SMILES string of the molecule is C/C(=C1/N=C(C(Cl)(Cl)Cl)N=C(C(Cl)(Cl)Cl)N1)c1occc1C. The quantitative estimate of drug-likeness (QED) is 0.613. The third kappa shape index (κ3) is 4.05. The van der Waals surface area contributed by atoms with Crippen LogP contribution in [0.5, 0.6) is 0 Å². The van der Waals surface area contributed by atoms with Crippen LogP contribution < -0.4 is 5.32 Å². The first-order valence-corrected chi connectivity index (χ1v) is 8.11. The van der Waals surface area contributed by atoms with Crippen molar-refractivity contribution in [3.8, 4) is 0 Å². The highest BCUT2D eigenvalue weighted by molar-refractivity contribution is 6.79. The number of hydrogen-bond acceptors (Lipinski definition) is 4. The first kappa shape index (κ1) is 18.2. The zero-order chi connectivity index (χ0) is 16.7. The Labute approximate surface area is 157 Å². The van der Waals surface area contributed by atoms with Crippen LogP contribution >= 0.6 is 69.6 Å². The Morgan fingerprint density at radius 1 is 1.09 bits per heavy atom. The molecule has 1 aliphatic rings. The van der Waals surface area contributed by atoms with Gasteiger partial charge in [0.15, 0.2) is 11.7 Å². The van der Waals surface area contributed by atoms with Gasteiger partial charge in [-0.15, -0.1) is 0 Å². The molecule has 0 amide bonds. The lowest BCUT2D eigenvalue weighted by molar-refractivity contribution is 0.549. The molecule has 0 spiro atoms.